The normalized spacial score (nSPS) is 15.2. The molecule has 0 atom stereocenters. The molecule has 3 nitrogen and oxygen atoms in total. The zero-order valence-electron chi connectivity index (χ0n) is 8.91. The Labute approximate surface area is 108 Å². The molecule has 0 bridgehead atoms. The first-order valence-corrected chi connectivity index (χ1v) is 6.18. The van der Waals surface area contributed by atoms with Gasteiger partial charge in [-0.15, -0.1) is 0 Å². The van der Waals surface area contributed by atoms with Crippen molar-refractivity contribution in [3.05, 3.63) is 50.4 Å². The summed E-state index contributed by atoms with van der Waals surface area (Å²) < 4.78 is 1.46. The summed E-state index contributed by atoms with van der Waals surface area (Å²) >= 11 is 11.9. The molecule has 0 unspecified atom stereocenters. The lowest BCUT2D eigenvalue weighted by atomic mass is 10.3. The summed E-state index contributed by atoms with van der Waals surface area (Å²) in [5.74, 6) is 0.509. The summed E-state index contributed by atoms with van der Waals surface area (Å²) in [5.41, 5.74) is 1.53. The predicted octanol–water partition coefficient (Wildman–Crippen LogP) is 3.35. The van der Waals surface area contributed by atoms with Gasteiger partial charge >= 0.3 is 0 Å². The first kappa shape index (κ1) is 10.9. The van der Waals surface area contributed by atoms with Gasteiger partial charge in [-0.3, -0.25) is 9.89 Å². The zero-order chi connectivity index (χ0) is 12.0. The van der Waals surface area contributed by atoms with Gasteiger partial charge in [0.2, 0.25) is 0 Å². The molecule has 0 saturated heterocycles. The summed E-state index contributed by atoms with van der Waals surface area (Å²) in [6.45, 7) is 0. The van der Waals surface area contributed by atoms with Gasteiger partial charge in [0.15, 0.2) is 0 Å². The maximum absolute atomic E-state index is 11.8. The minimum absolute atomic E-state index is 0.0869. The molecule has 5 heteroatoms. The van der Waals surface area contributed by atoms with Crippen LogP contribution in [0.15, 0.2) is 29.1 Å². The van der Waals surface area contributed by atoms with Gasteiger partial charge in [0.1, 0.15) is 0 Å². The molecule has 1 N–H and O–H groups in total. The summed E-state index contributed by atoms with van der Waals surface area (Å²) in [4.78, 5) is 11.8. The van der Waals surface area contributed by atoms with Crippen molar-refractivity contribution >= 4 is 23.2 Å². The van der Waals surface area contributed by atoms with E-state index < -0.39 is 0 Å². The van der Waals surface area contributed by atoms with Gasteiger partial charge in [-0.2, -0.15) is 0 Å². The van der Waals surface area contributed by atoms with Gasteiger partial charge in [0, 0.05) is 22.7 Å². The lowest BCUT2D eigenvalue weighted by Gasteiger charge is -2.04. The summed E-state index contributed by atoms with van der Waals surface area (Å²) in [5, 5.41) is 4.11. The molecule has 17 heavy (non-hydrogen) atoms. The highest BCUT2D eigenvalue weighted by Crippen LogP contribution is 2.38. The van der Waals surface area contributed by atoms with Gasteiger partial charge < -0.3 is 0 Å². The Balaban J connectivity index is 2.11. The molecule has 0 radical (unpaired) electrons. The standard InChI is InChI=1S/C12H10Cl2N2O/c13-8-3-4-11(9(14)5-8)16-12(17)6-10(15-16)7-1-2-7/h3-7,15H,1-2H2. The predicted molar refractivity (Wildman–Crippen MR) is 68.4 cm³/mol. The van der Waals surface area contributed by atoms with Crippen LogP contribution in [0, 0.1) is 0 Å². The van der Waals surface area contributed by atoms with E-state index >= 15 is 0 Å². The Morgan fingerprint density at radius 2 is 2.00 bits per heavy atom. The van der Waals surface area contributed by atoms with Gasteiger partial charge in [-0.25, -0.2) is 4.68 Å². The van der Waals surface area contributed by atoms with E-state index in [1.54, 1.807) is 24.3 Å². The van der Waals surface area contributed by atoms with Gasteiger partial charge in [0.25, 0.3) is 5.56 Å². The number of hydrogen-bond acceptors (Lipinski definition) is 1. The highest BCUT2D eigenvalue weighted by molar-refractivity contribution is 6.35. The smallest absolute Gasteiger partial charge is 0.271 e. The van der Waals surface area contributed by atoms with Crippen molar-refractivity contribution in [2.24, 2.45) is 0 Å². The summed E-state index contributed by atoms with van der Waals surface area (Å²) in [6, 6.07) is 6.72. The van der Waals surface area contributed by atoms with Crippen molar-refractivity contribution in [1.82, 2.24) is 9.78 Å². The van der Waals surface area contributed by atoms with E-state index in [1.807, 2.05) is 0 Å². The topological polar surface area (TPSA) is 37.8 Å². The van der Waals surface area contributed by atoms with E-state index in [-0.39, 0.29) is 5.56 Å². The van der Waals surface area contributed by atoms with Crippen LogP contribution in [0.25, 0.3) is 5.69 Å². The fourth-order valence-corrected chi connectivity index (χ4v) is 2.35. The van der Waals surface area contributed by atoms with Crippen LogP contribution in [0.2, 0.25) is 10.0 Å². The second-order valence-corrected chi connectivity index (χ2v) is 5.10. The molecule has 1 saturated carbocycles. The fourth-order valence-electron chi connectivity index (χ4n) is 1.86. The fraction of sp³-hybridized carbons (Fsp3) is 0.250. The second-order valence-electron chi connectivity index (χ2n) is 4.26. The molecule has 1 aliphatic rings. The molecule has 1 heterocycles. The maximum Gasteiger partial charge on any atom is 0.271 e. The van der Waals surface area contributed by atoms with Crippen LogP contribution in [0.5, 0.6) is 0 Å². The highest BCUT2D eigenvalue weighted by Gasteiger charge is 2.26. The molecule has 0 spiro atoms. The molecule has 88 valence electrons. The Hall–Kier alpha value is -1.19. The number of halogens is 2. The molecule has 1 aliphatic carbocycles. The van der Waals surface area contributed by atoms with Crippen molar-refractivity contribution in [2.75, 3.05) is 0 Å². The molecular weight excluding hydrogens is 259 g/mol. The Morgan fingerprint density at radius 3 is 2.65 bits per heavy atom. The van der Waals surface area contributed by atoms with Crippen molar-refractivity contribution in [3.8, 4) is 5.69 Å². The van der Waals surface area contributed by atoms with Crippen LogP contribution in [-0.2, 0) is 0 Å². The van der Waals surface area contributed by atoms with E-state index in [0.29, 0.717) is 21.7 Å². The first-order chi connectivity index (χ1) is 8.15. The molecule has 1 aromatic heterocycles. The van der Waals surface area contributed by atoms with E-state index in [4.69, 9.17) is 23.2 Å². The number of rotatable bonds is 2. The molecule has 3 rings (SSSR count). The number of nitrogens with one attached hydrogen (secondary N) is 1. The number of benzene rings is 1. The number of hydrogen-bond donors (Lipinski definition) is 1. The second kappa shape index (κ2) is 3.93. The quantitative estimate of drug-likeness (QED) is 0.891. The van der Waals surface area contributed by atoms with Gasteiger partial charge in [-0.1, -0.05) is 23.2 Å². The average Bonchev–Trinajstić information content (AvgIpc) is 3.04. The van der Waals surface area contributed by atoms with Crippen LogP contribution in [0.4, 0.5) is 0 Å². The minimum atomic E-state index is -0.0869. The van der Waals surface area contributed by atoms with E-state index in [2.05, 4.69) is 5.10 Å². The third-order valence-electron chi connectivity index (χ3n) is 2.91. The van der Waals surface area contributed by atoms with Crippen molar-refractivity contribution in [3.63, 3.8) is 0 Å². The van der Waals surface area contributed by atoms with Crippen LogP contribution < -0.4 is 5.56 Å². The molecule has 2 aromatic rings. The highest BCUT2D eigenvalue weighted by atomic mass is 35.5. The zero-order valence-corrected chi connectivity index (χ0v) is 10.4. The monoisotopic (exact) mass is 268 g/mol. The Morgan fingerprint density at radius 1 is 1.24 bits per heavy atom. The summed E-state index contributed by atoms with van der Waals surface area (Å²) in [6.07, 6.45) is 2.29. The third kappa shape index (κ3) is 2.01. The Bertz CT molecular complexity index is 626. The van der Waals surface area contributed by atoms with E-state index in [9.17, 15) is 4.79 Å². The van der Waals surface area contributed by atoms with Crippen LogP contribution in [0.3, 0.4) is 0 Å². The average molecular weight is 269 g/mol. The molecule has 1 aromatic carbocycles. The molecule has 0 amide bonds. The van der Waals surface area contributed by atoms with Crippen molar-refractivity contribution in [1.29, 1.82) is 0 Å². The lowest BCUT2D eigenvalue weighted by Crippen LogP contribution is -2.13. The SMILES string of the molecule is O=c1cc(C2CC2)[nH]n1-c1ccc(Cl)cc1Cl. The summed E-state index contributed by atoms with van der Waals surface area (Å²) in [7, 11) is 0. The van der Waals surface area contributed by atoms with Crippen LogP contribution in [0.1, 0.15) is 24.5 Å². The number of aromatic amines is 1. The number of nitrogens with zero attached hydrogens (tertiary/aromatic N) is 1. The Kier molecular flexibility index (Phi) is 2.53. The van der Waals surface area contributed by atoms with Crippen molar-refractivity contribution in [2.45, 2.75) is 18.8 Å². The van der Waals surface area contributed by atoms with Crippen LogP contribution in [-0.4, -0.2) is 9.78 Å². The number of H-pyrrole nitrogens is 1. The molecule has 1 fully saturated rings. The third-order valence-corrected chi connectivity index (χ3v) is 3.45. The maximum atomic E-state index is 11.8. The van der Waals surface area contributed by atoms with E-state index in [0.717, 1.165) is 18.5 Å². The van der Waals surface area contributed by atoms with Gasteiger partial charge in [0.05, 0.1) is 10.7 Å². The van der Waals surface area contributed by atoms with Gasteiger partial charge in [-0.05, 0) is 31.0 Å². The lowest BCUT2D eigenvalue weighted by molar-refractivity contribution is 0.816. The van der Waals surface area contributed by atoms with E-state index in [1.165, 1.54) is 4.68 Å². The van der Waals surface area contributed by atoms with Crippen LogP contribution >= 0.6 is 23.2 Å². The largest absolute Gasteiger partial charge is 0.295 e. The van der Waals surface area contributed by atoms with Crippen molar-refractivity contribution < 1.29 is 0 Å². The first-order valence-electron chi connectivity index (χ1n) is 5.42. The number of aromatic nitrogens is 2. The molecule has 0 aliphatic heterocycles. The minimum Gasteiger partial charge on any atom is -0.295 e. The molecular formula is C12H10Cl2N2O.